The van der Waals surface area contributed by atoms with E-state index in [2.05, 4.69) is 11.8 Å². The average Bonchev–Trinajstić information content (AvgIpc) is 3.00. The van der Waals surface area contributed by atoms with Crippen molar-refractivity contribution in [1.82, 2.24) is 4.90 Å². The van der Waals surface area contributed by atoms with Crippen LogP contribution in [0.1, 0.15) is 31.7 Å². The minimum Gasteiger partial charge on any atom is -0.475 e. The molecule has 1 aliphatic carbocycles. The van der Waals surface area contributed by atoms with Gasteiger partial charge in [-0.05, 0) is 49.9 Å². The number of hydrogen-bond acceptors (Lipinski definition) is 4. The van der Waals surface area contributed by atoms with Gasteiger partial charge in [-0.15, -0.1) is 0 Å². The predicted octanol–water partition coefficient (Wildman–Crippen LogP) is 3.95. The molecule has 2 amide bonds. The van der Waals surface area contributed by atoms with Crippen LogP contribution in [0.5, 0.6) is 0 Å². The number of hydrogen-bond donors (Lipinski definition) is 1. The van der Waals surface area contributed by atoms with Gasteiger partial charge in [0.15, 0.2) is 0 Å². The number of carboxylic acid groups (broad SMARTS) is 1. The number of rotatable bonds is 3. The van der Waals surface area contributed by atoms with Crippen LogP contribution in [0.2, 0.25) is 0 Å². The molecule has 1 aromatic rings. The molecule has 0 spiro atoms. The van der Waals surface area contributed by atoms with Crippen molar-refractivity contribution in [2.24, 2.45) is 17.8 Å². The molecule has 12 heteroatoms. The molecule has 4 fully saturated rings. The Bertz CT molecular complexity index is 932. The fourth-order valence-electron chi connectivity index (χ4n) is 5.03. The molecule has 0 radical (unpaired) electrons. The van der Waals surface area contributed by atoms with Crippen molar-refractivity contribution in [3.8, 4) is 0 Å². The smallest absolute Gasteiger partial charge is 0.475 e. The highest BCUT2D eigenvalue weighted by molar-refractivity contribution is 6.22. The van der Waals surface area contributed by atoms with Gasteiger partial charge in [0.2, 0.25) is 11.8 Å². The summed E-state index contributed by atoms with van der Waals surface area (Å²) in [5.74, 6) is -4.11. The van der Waals surface area contributed by atoms with Crippen molar-refractivity contribution in [2.45, 2.75) is 44.6 Å². The number of carbonyl (C=O) groups excluding carboxylic acids is 2. The Morgan fingerprint density at radius 3 is 2.21 bits per heavy atom. The van der Waals surface area contributed by atoms with Crippen molar-refractivity contribution in [1.29, 1.82) is 0 Å². The van der Waals surface area contributed by atoms with E-state index in [9.17, 15) is 35.9 Å². The van der Waals surface area contributed by atoms with E-state index in [1.54, 1.807) is 0 Å². The summed E-state index contributed by atoms with van der Waals surface area (Å²) in [4.78, 5) is 38.2. The molecule has 0 unspecified atom stereocenters. The summed E-state index contributed by atoms with van der Waals surface area (Å²) >= 11 is 0. The van der Waals surface area contributed by atoms with Crippen LogP contribution in [0.15, 0.2) is 24.3 Å². The first-order valence-corrected chi connectivity index (χ1v) is 10.4. The molecule has 4 aliphatic rings. The van der Waals surface area contributed by atoms with Crippen LogP contribution in [0.3, 0.4) is 0 Å². The molecule has 1 N–H and O–H groups in total. The first-order valence-electron chi connectivity index (χ1n) is 10.4. The molecule has 1 aromatic carbocycles. The van der Waals surface area contributed by atoms with Crippen LogP contribution in [-0.2, 0) is 20.6 Å². The van der Waals surface area contributed by atoms with Gasteiger partial charge in [-0.3, -0.25) is 14.5 Å². The number of alkyl halides is 6. The fourth-order valence-corrected chi connectivity index (χ4v) is 5.03. The largest absolute Gasteiger partial charge is 0.490 e. The summed E-state index contributed by atoms with van der Waals surface area (Å²) in [6.45, 7) is 3.76. The maximum absolute atomic E-state index is 13.0. The summed E-state index contributed by atoms with van der Waals surface area (Å²) in [6.07, 6.45) is -6.84. The Balaban J connectivity index is 0.000000383. The Hall–Kier alpha value is -2.63. The monoisotopic (exact) mass is 480 g/mol. The first-order chi connectivity index (χ1) is 15.3. The second-order valence-electron chi connectivity index (χ2n) is 8.31. The SMILES string of the molecule is CCCN1C[C@@H]2CC[C@H]1[C@@H]1C(=O)N(c3cccc(C(F)(F)F)c3)C(=O)[C@H]21.O=C(O)C(F)(F)F. The van der Waals surface area contributed by atoms with Gasteiger partial charge in [-0.1, -0.05) is 13.0 Å². The van der Waals surface area contributed by atoms with E-state index in [1.807, 2.05) is 0 Å². The van der Waals surface area contributed by atoms with E-state index >= 15 is 0 Å². The lowest BCUT2D eigenvalue weighted by molar-refractivity contribution is -0.192. The van der Waals surface area contributed by atoms with Gasteiger partial charge in [-0.25, -0.2) is 9.69 Å². The normalized spacial score (nSPS) is 27.3. The molecule has 6 nitrogen and oxygen atoms in total. The average molecular weight is 480 g/mol. The second-order valence-corrected chi connectivity index (χ2v) is 8.31. The third-order valence-corrected chi connectivity index (χ3v) is 6.28. The molecule has 0 aromatic heterocycles. The van der Waals surface area contributed by atoms with Crippen molar-refractivity contribution in [3.63, 3.8) is 0 Å². The lowest BCUT2D eigenvalue weighted by Gasteiger charge is -2.50. The molecule has 4 atom stereocenters. The van der Waals surface area contributed by atoms with Crippen LogP contribution in [0.25, 0.3) is 0 Å². The zero-order chi connectivity index (χ0) is 24.7. The van der Waals surface area contributed by atoms with E-state index in [4.69, 9.17) is 9.90 Å². The third kappa shape index (κ3) is 4.85. The van der Waals surface area contributed by atoms with Crippen LogP contribution in [0, 0.1) is 17.8 Å². The number of carboxylic acids is 1. The minimum atomic E-state index is -5.08. The Labute approximate surface area is 185 Å². The third-order valence-electron chi connectivity index (χ3n) is 6.28. The van der Waals surface area contributed by atoms with Crippen molar-refractivity contribution in [2.75, 3.05) is 18.0 Å². The number of benzene rings is 1. The molecule has 3 saturated heterocycles. The highest BCUT2D eigenvalue weighted by atomic mass is 19.4. The predicted molar refractivity (Wildman–Crippen MR) is 103 cm³/mol. The lowest BCUT2D eigenvalue weighted by atomic mass is 9.66. The zero-order valence-corrected chi connectivity index (χ0v) is 17.5. The maximum Gasteiger partial charge on any atom is 0.490 e. The number of anilines is 1. The minimum absolute atomic E-state index is 0.0252. The molecule has 2 bridgehead atoms. The van der Waals surface area contributed by atoms with Gasteiger partial charge in [0.05, 0.1) is 23.1 Å². The molecule has 1 saturated carbocycles. The fraction of sp³-hybridized carbons (Fsp3) is 0.571. The van der Waals surface area contributed by atoms with Gasteiger partial charge in [0.1, 0.15) is 0 Å². The second kappa shape index (κ2) is 8.96. The summed E-state index contributed by atoms with van der Waals surface area (Å²) in [5.41, 5.74) is -0.813. The van der Waals surface area contributed by atoms with Crippen molar-refractivity contribution >= 4 is 23.5 Å². The molecule has 33 heavy (non-hydrogen) atoms. The topological polar surface area (TPSA) is 77.9 Å². The molecule has 3 aliphatic heterocycles. The number of imide groups is 1. The van der Waals surface area contributed by atoms with E-state index in [1.165, 1.54) is 12.1 Å². The van der Waals surface area contributed by atoms with Gasteiger partial charge < -0.3 is 5.11 Å². The number of nitrogens with zero attached hydrogens (tertiary/aromatic N) is 2. The van der Waals surface area contributed by atoms with Crippen LogP contribution < -0.4 is 4.90 Å². The standard InChI is InChI=1S/C19H21F3N2O2.C2HF3O2/c1-2-8-23-10-11-6-7-14(23)16-15(11)17(25)24(18(16)26)13-5-3-4-12(9-13)19(20,21)22;3-2(4,5)1(6)7/h3-5,9,11,14-16H,2,6-8,10H2,1H3;(H,6,7)/t11-,14-,15+,16-;/m0./s1. The molecule has 3 heterocycles. The lowest BCUT2D eigenvalue weighted by Crippen LogP contribution is -2.58. The molecular weight excluding hydrogens is 458 g/mol. The Kier molecular flexibility index (Phi) is 6.79. The summed E-state index contributed by atoms with van der Waals surface area (Å²) < 4.78 is 70.8. The van der Waals surface area contributed by atoms with Gasteiger partial charge in [0, 0.05) is 12.6 Å². The molecular formula is C21H22F6N2O4. The number of halogens is 6. The van der Waals surface area contributed by atoms with Crippen molar-refractivity contribution in [3.05, 3.63) is 29.8 Å². The quantitative estimate of drug-likeness (QED) is 0.524. The summed E-state index contributed by atoms with van der Waals surface area (Å²) in [5, 5.41) is 7.12. The number of fused-ring (bicyclic) bond motifs is 2. The van der Waals surface area contributed by atoms with Gasteiger partial charge >= 0.3 is 18.3 Å². The van der Waals surface area contributed by atoms with Gasteiger partial charge in [-0.2, -0.15) is 26.3 Å². The Morgan fingerprint density at radius 1 is 1.06 bits per heavy atom. The van der Waals surface area contributed by atoms with E-state index < -0.39 is 29.8 Å². The van der Waals surface area contributed by atoms with E-state index in [-0.39, 0.29) is 35.4 Å². The number of aliphatic carboxylic acids is 1. The highest BCUT2D eigenvalue weighted by Gasteiger charge is 2.60. The van der Waals surface area contributed by atoms with E-state index in [0.717, 1.165) is 49.4 Å². The molecule has 5 rings (SSSR count). The van der Waals surface area contributed by atoms with Crippen molar-refractivity contribution < 1.29 is 45.8 Å². The van der Waals surface area contributed by atoms with Gasteiger partial charge in [0.25, 0.3) is 0 Å². The van der Waals surface area contributed by atoms with Crippen LogP contribution >= 0.6 is 0 Å². The van der Waals surface area contributed by atoms with E-state index in [0.29, 0.717) is 0 Å². The number of carbonyl (C=O) groups is 3. The highest BCUT2D eigenvalue weighted by Crippen LogP contribution is 2.49. The van der Waals surface area contributed by atoms with Crippen LogP contribution in [-0.4, -0.2) is 53.1 Å². The van der Waals surface area contributed by atoms with Crippen LogP contribution in [0.4, 0.5) is 32.0 Å². The zero-order valence-electron chi connectivity index (χ0n) is 17.5. The first kappa shape index (κ1) is 25.0. The number of amides is 2. The number of piperidine rings is 2. The Morgan fingerprint density at radius 2 is 1.67 bits per heavy atom. The summed E-state index contributed by atoms with van der Waals surface area (Å²) in [6, 6.07) is 4.54. The maximum atomic E-state index is 13.0. The molecule has 182 valence electrons. The summed E-state index contributed by atoms with van der Waals surface area (Å²) in [7, 11) is 0.